The van der Waals surface area contributed by atoms with Crippen molar-refractivity contribution >= 4 is 17.2 Å². The van der Waals surface area contributed by atoms with Gasteiger partial charge < -0.3 is 5.32 Å². The van der Waals surface area contributed by atoms with Crippen LogP contribution in [0.25, 0.3) is 10.4 Å². The van der Waals surface area contributed by atoms with Crippen molar-refractivity contribution in [3.05, 3.63) is 81.7 Å². The number of benzene rings is 2. The second-order valence-electron chi connectivity index (χ2n) is 7.25. The van der Waals surface area contributed by atoms with Crippen molar-refractivity contribution < 1.29 is 13.6 Å². The third-order valence-corrected chi connectivity index (χ3v) is 5.95. The van der Waals surface area contributed by atoms with E-state index in [0.29, 0.717) is 16.4 Å². The molecule has 0 aliphatic heterocycles. The van der Waals surface area contributed by atoms with Gasteiger partial charge >= 0.3 is 0 Å². The first kappa shape index (κ1) is 20.2. The van der Waals surface area contributed by atoms with Crippen LogP contribution in [-0.2, 0) is 0 Å². The van der Waals surface area contributed by atoms with E-state index in [2.05, 4.69) is 31.3 Å². The molecular weight excluding hydrogens is 376 g/mol. The number of carbonyl (C=O) groups excluding carboxylic acids is 1. The molecule has 0 fully saturated rings. The molecule has 0 spiro atoms. The normalized spacial score (nSPS) is 12.2. The molecule has 0 radical (unpaired) electrons. The Bertz CT molecular complexity index is 986. The number of halogens is 2. The molecule has 0 saturated carbocycles. The van der Waals surface area contributed by atoms with E-state index >= 15 is 0 Å². The zero-order chi connectivity index (χ0) is 20.4. The van der Waals surface area contributed by atoms with Crippen molar-refractivity contribution in [1.82, 2.24) is 5.32 Å². The molecule has 1 amide bonds. The maximum atomic E-state index is 13.8. The Kier molecular flexibility index (Phi) is 5.94. The number of hydrogen-bond donors (Lipinski definition) is 1. The average molecular weight is 400 g/mol. The zero-order valence-corrected chi connectivity index (χ0v) is 17.2. The predicted molar refractivity (Wildman–Crippen MR) is 111 cm³/mol. The van der Waals surface area contributed by atoms with Gasteiger partial charge in [0.25, 0.3) is 5.91 Å². The van der Waals surface area contributed by atoms with Crippen molar-refractivity contribution in [2.45, 2.75) is 39.7 Å². The highest BCUT2D eigenvalue weighted by molar-refractivity contribution is 7.17. The van der Waals surface area contributed by atoms with Gasteiger partial charge in [-0.25, -0.2) is 8.78 Å². The van der Waals surface area contributed by atoms with Gasteiger partial charge in [-0.15, -0.1) is 11.3 Å². The summed E-state index contributed by atoms with van der Waals surface area (Å²) in [5, 5.41) is 2.82. The van der Waals surface area contributed by atoms with E-state index in [1.165, 1.54) is 36.0 Å². The van der Waals surface area contributed by atoms with Crippen LogP contribution in [0.3, 0.4) is 0 Å². The van der Waals surface area contributed by atoms with Gasteiger partial charge in [0, 0.05) is 10.4 Å². The van der Waals surface area contributed by atoms with Crippen LogP contribution >= 0.6 is 11.3 Å². The fourth-order valence-corrected chi connectivity index (χ4v) is 3.84. The number of amides is 1. The van der Waals surface area contributed by atoms with Crippen LogP contribution < -0.4 is 5.32 Å². The van der Waals surface area contributed by atoms with Crippen LogP contribution in [0.4, 0.5) is 8.78 Å². The summed E-state index contributed by atoms with van der Waals surface area (Å²) in [6, 6.07) is 14.0. The summed E-state index contributed by atoms with van der Waals surface area (Å²) in [5.41, 5.74) is 2.70. The Morgan fingerprint density at radius 3 is 2.29 bits per heavy atom. The summed E-state index contributed by atoms with van der Waals surface area (Å²) in [4.78, 5) is 14.2. The number of rotatable bonds is 5. The lowest BCUT2D eigenvalue weighted by molar-refractivity contribution is 0.0944. The average Bonchev–Trinajstić information content (AvgIpc) is 3.16. The maximum Gasteiger partial charge on any atom is 0.261 e. The Morgan fingerprint density at radius 1 is 0.964 bits per heavy atom. The third-order valence-electron chi connectivity index (χ3n) is 4.82. The van der Waals surface area contributed by atoms with Crippen LogP contribution in [0.1, 0.15) is 59.1 Å². The van der Waals surface area contributed by atoms with Crippen LogP contribution in [0.2, 0.25) is 0 Å². The van der Waals surface area contributed by atoms with E-state index in [4.69, 9.17) is 0 Å². The number of carbonyl (C=O) groups is 1. The van der Waals surface area contributed by atoms with E-state index in [9.17, 15) is 13.6 Å². The molecule has 0 bridgehead atoms. The fourth-order valence-electron chi connectivity index (χ4n) is 2.93. The molecule has 0 saturated heterocycles. The molecule has 1 atom stereocenters. The highest BCUT2D eigenvalue weighted by Crippen LogP contribution is 2.30. The summed E-state index contributed by atoms with van der Waals surface area (Å²) in [5.74, 6) is -1.05. The highest BCUT2D eigenvalue weighted by atomic mass is 32.1. The molecule has 28 heavy (non-hydrogen) atoms. The van der Waals surface area contributed by atoms with Crippen molar-refractivity contribution in [3.63, 3.8) is 0 Å². The summed E-state index contributed by atoms with van der Waals surface area (Å²) in [6.07, 6.45) is 0. The largest absolute Gasteiger partial charge is 0.345 e. The van der Waals surface area contributed by atoms with Crippen molar-refractivity contribution in [2.75, 3.05) is 0 Å². The SMILES string of the molecule is Cc1c(F)cc(C(C)NC(=O)c2ccc(-c3cccc(C(C)C)c3)s2)cc1F. The minimum Gasteiger partial charge on any atom is -0.345 e. The molecule has 1 N–H and O–H groups in total. The van der Waals surface area contributed by atoms with E-state index < -0.39 is 17.7 Å². The van der Waals surface area contributed by atoms with Gasteiger partial charge in [-0.05, 0) is 60.7 Å². The van der Waals surface area contributed by atoms with Crippen molar-refractivity contribution in [1.29, 1.82) is 0 Å². The van der Waals surface area contributed by atoms with Gasteiger partial charge in [0.05, 0.1) is 10.9 Å². The third kappa shape index (κ3) is 4.30. The minimum atomic E-state index is -0.612. The molecule has 1 heterocycles. The first-order chi connectivity index (χ1) is 13.3. The summed E-state index contributed by atoms with van der Waals surface area (Å²) in [6.45, 7) is 7.39. The summed E-state index contributed by atoms with van der Waals surface area (Å²) >= 11 is 1.40. The molecule has 5 heteroatoms. The summed E-state index contributed by atoms with van der Waals surface area (Å²) < 4.78 is 27.6. The quantitative estimate of drug-likeness (QED) is 0.513. The first-order valence-corrected chi connectivity index (χ1v) is 10.0. The topological polar surface area (TPSA) is 29.1 Å². The second-order valence-corrected chi connectivity index (χ2v) is 8.33. The lowest BCUT2D eigenvalue weighted by atomic mass is 10.0. The van der Waals surface area contributed by atoms with E-state index in [1.807, 2.05) is 18.2 Å². The smallest absolute Gasteiger partial charge is 0.261 e. The standard InChI is InChI=1S/C23H23F2NOS/c1-13(2)16-6-5-7-17(10-16)21-8-9-22(28-21)23(27)26-15(4)18-11-19(24)14(3)20(25)12-18/h5-13,15H,1-4H3,(H,26,27). The van der Waals surface area contributed by atoms with Crippen LogP contribution in [0.5, 0.6) is 0 Å². The lowest BCUT2D eigenvalue weighted by Gasteiger charge is -2.15. The molecule has 3 aromatic rings. The van der Waals surface area contributed by atoms with Crippen LogP contribution in [-0.4, -0.2) is 5.91 Å². The zero-order valence-electron chi connectivity index (χ0n) is 16.3. The van der Waals surface area contributed by atoms with Crippen molar-refractivity contribution in [3.8, 4) is 10.4 Å². The number of hydrogen-bond acceptors (Lipinski definition) is 2. The Labute approximate surface area is 168 Å². The number of nitrogens with one attached hydrogen (secondary N) is 1. The molecule has 3 rings (SSSR count). The van der Waals surface area contributed by atoms with Gasteiger partial charge in [0.2, 0.25) is 0 Å². The van der Waals surface area contributed by atoms with Crippen molar-refractivity contribution in [2.24, 2.45) is 0 Å². The monoisotopic (exact) mass is 399 g/mol. The Hall–Kier alpha value is -2.53. The van der Waals surface area contributed by atoms with E-state index in [-0.39, 0.29) is 11.5 Å². The van der Waals surface area contributed by atoms with Gasteiger partial charge in [-0.3, -0.25) is 4.79 Å². The van der Waals surface area contributed by atoms with E-state index in [1.54, 1.807) is 13.0 Å². The van der Waals surface area contributed by atoms with Gasteiger partial charge in [-0.1, -0.05) is 38.1 Å². The number of thiophene rings is 1. The van der Waals surface area contributed by atoms with Crippen LogP contribution in [0, 0.1) is 18.6 Å². The Balaban J connectivity index is 1.76. The molecule has 1 aromatic heterocycles. The molecule has 2 nitrogen and oxygen atoms in total. The lowest BCUT2D eigenvalue weighted by Crippen LogP contribution is -2.26. The molecule has 0 aliphatic carbocycles. The van der Waals surface area contributed by atoms with E-state index in [0.717, 1.165) is 10.4 Å². The first-order valence-electron chi connectivity index (χ1n) is 9.23. The van der Waals surface area contributed by atoms with Gasteiger partial charge in [0.1, 0.15) is 11.6 Å². The summed E-state index contributed by atoms with van der Waals surface area (Å²) in [7, 11) is 0. The maximum absolute atomic E-state index is 13.8. The molecule has 0 aliphatic rings. The molecule has 1 unspecified atom stereocenters. The fraction of sp³-hybridized carbons (Fsp3) is 0.261. The molecule has 2 aromatic carbocycles. The van der Waals surface area contributed by atoms with Gasteiger partial charge in [-0.2, -0.15) is 0 Å². The second kappa shape index (κ2) is 8.23. The minimum absolute atomic E-state index is 0.0196. The molecular formula is C23H23F2NOS. The predicted octanol–water partition coefficient (Wildman–Crippen LogP) is 6.62. The molecule has 146 valence electrons. The van der Waals surface area contributed by atoms with Gasteiger partial charge in [0.15, 0.2) is 0 Å². The highest BCUT2D eigenvalue weighted by Gasteiger charge is 2.17. The van der Waals surface area contributed by atoms with Crippen LogP contribution in [0.15, 0.2) is 48.5 Å². The Morgan fingerprint density at radius 2 is 1.64 bits per heavy atom.